The van der Waals surface area contributed by atoms with Gasteiger partial charge in [0.1, 0.15) is 5.56 Å². The minimum absolute atomic E-state index is 0.0215. The van der Waals surface area contributed by atoms with Crippen molar-refractivity contribution < 1.29 is 14.4 Å². The van der Waals surface area contributed by atoms with Crippen LogP contribution in [0.2, 0.25) is 0 Å². The first-order valence-electron chi connectivity index (χ1n) is 9.90. The zero-order valence-corrected chi connectivity index (χ0v) is 18.1. The number of carbonyl (C=O) groups excluding carboxylic acids is 3. The van der Waals surface area contributed by atoms with Gasteiger partial charge >= 0.3 is 0 Å². The number of nitrogens with one attached hydrogen (secondary N) is 1. The highest BCUT2D eigenvalue weighted by atomic mass is 16.2. The molecule has 0 atom stereocenters. The van der Waals surface area contributed by atoms with E-state index in [1.54, 1.807) is 35.6 Å². The maximum Gasteiger partial charge on any atom is 0.254 e. The Bertz CT molecular complexity index is 1150. The highest BCUT2D eigenvalue weighted by Crippen LogP contribution is 2.19. The predicted molar refractivity (Wildman–Crippen MR) is 117 cm³/mol. The smallest absolute Gasteiger partial charge is 0.254 e. The summed E-state index contributed by atoms with van der Waals surface area (Å²) in [6.45, 7) is 3.71. The van der Waals surface area contributed by atoms with Crippen LogP contribution in [-0.4, -0.2) is 51.3 Å². The number of aryl methyl sites for hydroxylation is 2. The summed E-state index contributed by atoms with van der Waals surface area (Å²) in [4.78, 5) is 41.8. The van der Waals surface area contributed by atoms with Crippen molar-refractivity contribution in [2.75, 3.05) is 19.4 Å². The van der Waals surface area contributed by atoms with Gasteiger partial charge in [-0.3, -0.25) is 14.4 Å². The number of hydrogen-bond acceptors (Lipinski definition) is 5. The van der Waals surface area contributed by atoms with Crippen LogP contribution in [0.4, 0.5) is 5.69 Å². The summed E-state index contributed by atoms with van der Waals surface area (Å²) >= 11 is 0. The summed E-state index contributed by atoms with van der Waals surface area (Å²) in [5, 5.41) is 7.07. The van der Waals surface area contributed by atoms with Gasteiger partial charge in [-0.05, 0) is 43.5 Å². The van der Waals surface area contributed by atoms with Crippen LogP contribution in [0.3, 0.4) is 0 Å². The number of carbonyl (C=O) groups is 3. The third-order valence-corrected chi connectivity index (χ3v) is 5.17. The average molecular weight is 422 g/mol. The van der Waals surface area contributed by atoms with Gasteiger partial charge in [-0.1, -0.05) is 12.1 Å². The number of amides is 3. The molecule has 0 aliphatic rings. The van der Waals surface area contributed by atoms with Crippen LogP contribution < -0.4 is 11.1 Å². The van der Waals surface area contributed by atoms with E-state index in [4.69, 9.17) is 5.73 Å². The molecule has 9 nitrogen and oxygen atoms in total. The lowest BCUT2D eigenvalue weighted by Crippen LogP contribution is -2.23. The lowest BCUT2D eigenvalue weighted by Gasteiger charge is -2.12. The Kier molecular flexibility index (Phi) is 6.33. The molecule has 31 heavy (non-hydrogen) atoms. The number of nitrogens with two attached hydrogens (primary N) is 1. The van der Waals surface area contributed by atoms with Gasteiger partial charge in [0.25, 0.3) is 5.91 Å². The van der Waals surface area contributed by atoms with Crippen LogP contribution >= 0.6 is 0 Å². The minimum Gasteiger partial charge on any atom is -0.365 e. The molecule has 0 spiro atoms. The van der Waals surface area contributed by atoms with Gasteiger partial charge in [-0.25, -0.2) is 9.50 Å². The summed E-state index contributed by atoms with van der Waals surface area (Å²) in [5.41, 5.74) is 10.1. The topological polar surface area (TPSA) is 123 Å². The Hall–Kier alpha value is -3.75. The lowest BCUT2D eigenvalue weighted by atomic mass is 10.1. The van der Waals surface area contributed by atoms with Crippen molar-refractivity contribution in [3.05, 3.63) is 58.5 Å². The first-order chi connectivity index (χ1) is 14.7. The van der Waals surface area contributed by atoms with E-state index in [-0.39, 0.29) is 23.8 Å². The molecule has 2 heterocycles. The molecule has 0 aliphatic heterocycles. The number of fused-ring (bicyclic) bond motifs is 1. The molecule has 3 aromatic rings. The number of anilines is 1. The van der Waals surface area contributed by atoms with E-state index in [1.807, 2.05) is 26.0 Å². The van der Waals surface area contributed by atoms with E-state index < -0.39 is 5.91 Å². The normalized spacial score (nSPS) is 10.8. The zero-order chi connectivity index (χ0) is 22.7. The van der Waals surface area contributed by atoms with E-state index in [2.05, 4.69) is 15.4 Å². The number of primary amides is 1. The Labute approximate surface area is 180 Å². The van der Waals surface area contributed by atoms with Crippen molar-refractivity contribution in [2.24, 2.45) is 5.73 Å². The molecular formula is C22H26N6O3. The molecule has 1 aromatic carbocycles. The van der Waals surface area contributed by atoms with Crippen molar-refractivity contribution in [2.45, 2.75) is 33.1 Å². The van der Waals surface area contributed by atoms with Gasteiger partial charge in [0.05, 0.1) is 12.6 Å². The maximum atomic E-state index is 12.4. The lowest BCUT2D eigenvalue weighted by molar-refractivity contribution is -0.128. The Morgan fingerprint density at radius 1 is 1.13 bits per heavy atom. The molecular weight excluding hydrogens is 396 g/mol. The Morgan fingerprint density at radius 2 is 1.81 bits per heavy atom. The van der Waals surface area contributed by atoms with Crippen LogP contribution in [0.1, 0.15) is 39.3 Å². The minimum atomic E-state index is -0.578. The molecule has 2 aromatic heterocycles. The van der Waals surface area contributed by atoms with Crippen LogP contribution in [0.25, 0.3) is 5.65 Å². The van der Waals surface area contributed by atoms with E-state index >= 15 is 0 Å². The van der Waals surface area contributed by atoms with Crippen LogP contribution in [0.5, 0.6) is 0 Å². The number of nitrogens with zero attached hydrogens (tertiary/aromatic N) is 4. The third kappa shape index (κ3) is 4.88. The molecule has 0 saturated heterocycles. The highest BCUT2D eigenvalue weighted by molar-refractivity contribution is 5.98. The molecule has 0 unspecified atom stereocenters. The molecule has 3 rings (SSSR count). The van der Waals surface area contributed by atoms with Crippen molar-refractivity contribution in [3.63, 3.8) is 0 Å². The number of hydrogen-bond donors (Lipinski definition) is 2. The van der Waals surface area contributed by atoms with Gasteiger partial charge in [0.2, 0.25) is 11.8 Å². The van der Waals surface area contributed by atoms with Crippen LogP contribution in [0.15, 0.2) is 30.5 Å². The Morgan fingerprint density at radius 3 is 2.42 bits per heavy atom. The van der Waals surface area contributed by atoms with Crippen molar-refractivity contribution in [3.8, 4) is 0 Å². The van der Waals surface area contributed by atoms with Gasteiger partial charge in [-0.15, -0.1) is 0 Å². The first kappa shape index (κ1) is 21.9. The number of aromatic nitrogens is 3. The number of rotatable bonds is 7. The number of likely N-dealkylation sites (N-methyl/N-ethyl adjacent to an activating group) is 1. The average Bonchev–Trinajstić information content (AvgIpc) is 3.13. The molecule has 162 valence electrons. The SMILES string of the molecule is Cc1nc2c(C(N)=O)cnn2c(C)c1CCC(=O)Nc1ccc(CC(=O)N(C)C)cc1. The van der Waals surface area contributed by atoms with Gasteiger partial charge in [0, 0.05) is 37.6 Å². The summed E-state index contributed by atoms with van der Waals surface area (Å²) in [5.74, 6) is -0.687. The van der Waals surface area contributed by atoms with Crippen LogP contribution in [0, 0.1) is 13.8 Å². The summed E-state index contributed by atoms with van der Waals surface area (Å²) < 4.78 is 1.58. The molecule has 9 heteroatoms. The molecule has 3 amide bonds. The highest BCUT2D eigenvalue weighted by Gasteiger charge is 2.17. The van der Waals surface area contributed by atoms with Gasteiger partial charge in [-0.2, -0.15) is 5.10 Å². The molecule has 0 aliphatic carbocycles. The monoisotopic (exact) mass is 422 g/mol. The second-order valence-electron chi connectivity index (χ2n) is 7.63. The van der Waals surface area contributed by atoms with Crippen molar-refractivity contribution in [1.82, 2.24) is 19.5 Å². The standard InChI is InChI=1S/C22H26N6O3/c1-13-17(14(2)28-22(25-13)18(12-24-28)21(23)31)9-10-19(29)26-16-7-5-15(6-8-16)11-20(30)27(3)4/h5-8,12H,9-11H2,1-4H3,(H2,23,31)(H,26,29). The quantitative estimate of drug-likeness (QED) is 0.599. The molecule has 0 fully saturated rings. The fraction of sp³-hybridized carbons (Fsp3) is 0.318. The fourth-order valence-corrected chi connectivity index (χ4v) is 3.35. The molecule has 0 saturated carbocycles. The van der Waals surface area contributed by atoms with E-state index in [0.717, 1.165) is 22.5 Å². The largest absolute Gasteiger partial charge is 0.365 e. The second-order valence-corrected chi connectivity index (χ2v) is 7.63. The van der Waals surface area contributed by atoms with Crippen LogP contribution in [-0.2, 0) is 22.4 Å². The van der Waals surface area contributed by atoms with Gasteiger partial charge in [0.15, 0.2) is 5.65 Å². The summed E-state index contributed by atoms with van der Waals surface area (Å²) in [6.07, 6.45) is 2.47. The second kappa shape index (κ2) is 8.95. The van der Waals surface area contributed by atoms with E-state index in [1.165, 1.54) is 6.20 Å². The fourth-order valence-electron chi connectivity index (χ4n) is 3.35. The van der Waals surface area contributed by atoms with Crippen molar-refractivity contribution >= 4 is 29.1 Å². The molecule has 3 N–H and O–H groups in total. The summed E-state index contributed by atoms with van der Waals surface area (Å²) in [6, 6.07) is 7.24. The van der Waals surface area contributed by atoms with Gasteiger partial charge < -0.3 is 16.0 Å². The van der Waals surface area contributed by atoms with Crippen molar-refractivity contribution in [1.29, 1.82) is 0 Å². The third-order valence-electron chi connectivity index (χ3n) is 5.17. The summed E-state index contributed by atoms with van der Waals surface area (Å²) in [7, 11) is 3.44. The van der Waals surface area contributed by atoms with E-state index in [0.29, 0.717) is 24.2 Å². The molecule has 0 bridgehead atoms. The maximum absolute atomic E-state index is 12.4. The predicted octanol–water partition coefficient (Wildman–Crippen LogP) is 1.65. The zero-order valence-electron chi connectivity index (χ0n) is 18.1. The number of benzene rings is 1. The molecule has 0 radical (unpaired) electrons. The van der Waals surface area contributed by atoms with E-state index in [9.17, 15) is 14.4 Å². The Balaban J connectivity index is 1.65. The first-order valence-corrected chi connectivity index (χ1v) is 9.90.